The first-order valence-electron chi connectivity index (χ1n) is 8.72. The minimum absolute atomic E-state index is 0.0911. The lowest BCUT2D eigenvalue weighted by Crippen LogP contribution is -2.42. The van der Waals surface area contributed by atoms with Crippen LogP contribution < -0.4 is 9.47 Å². The van der Waals surface area contributed by atoms with Crippen molar-refractivity contribution in [1.82, 2.24) is 5.06 Å². The first-order chi connectivity index (χ1) is 12.2. The molecule has 3 aliphatic heterocycles. The van der Waals surface area contributed by atoms with Crippen molar-refractivity contribution in [2.45, 2.75) is 36.5 Å². The van der Waals surface area contributed by atoms with Crippen LogP contribution in [0, 0.1) is 17.2 Å². The zero-order valence-electron chi connectivity index (χ0n) is 14.0. The number of fused-ring (bicyclic) bond motifs is 2. The number of nitriles is 1. The Labute approximate surface area is 146 Å². The van der Waals surface area contributed by atoms with Crippen molar-refractivity contribution in [3.8, 4) is 17.6 Å². The van der Waals surface area contributed by atoms with Crippen LogP contribution in [0.4, 0.5) is 0 Å². The summed E-state index contributed by atoms with van der Waals surface area (Å²) < 4.78 is 11.9. The molecule has 1 fully saturated rings. The summed E-state index contributed by atoms with van der Waals surface area (Å²) in [6.07, 6.45) is 4.73. The maximum atomic E-state index is 10.1. The molecule has 1 N–H and O–H groups in total. The summed E-state index contributed by atoms with van der Waals surface area (Å²) in [5.74, 6) is 1.26. The van der Waals surface area contributed by atoms with E-state index in [9.17, 15) is 10.4 Å². The molecule has 1 aliphatic carbocycles. The van der Waals surface area contributed by atoms with Gasteiger partial charge in [-0.15, -0.1) is 0 Å². The number of hydrogen-bond acceptors (Lipinski definition) is 6. The van der Waals surface area contributed by atoms with E-state index >= 15 is 0 Å². The van der Waals surface area contributed by atoms with Gasteiger partial charge in [-0.05, 0) is 18.1 Å². The van der Waals surface area contributed by atoms with Crippen LogP contribution in [0.15, 0.2) is 24.3 Å². The third kappa shape index (κ3) is 1.89. The average molecular weight is 340 g/mol. The summed E-state index contributed by atoms with van der Waals surface area (Å²) in [5.41, 5.74) is 1.89. The molecule has 1 unspecified atom stereocenters. The summed E-state index contributed by atoms with van der Waals surface area (Å²) in [5, 5.41) is 21.6. The molecule has 0 aromatic heterocycles. The molecule has 0 saturated carbocycles. The van der Waals surface area contributed by atoms with Crippen molar-refractivity contribution in [2.24, 2.45) is 5.92 Å². The van der Waals surface area contributed by atoms with Gasteiger partial charge in [-0.3, -0.25) is 4.84 Å². The van der Waals surface area contributed by atoms with Crippen LogP contribution in [0.1, 0.15) is 30.0 Å². The third-order valence-electron chi connectivity index (χ3n) is 6.09. The van der Waals surface area contributed by atoms with E-state index in [1.807, 2.05) is 23.3 Å². The second kappa shape index (κ2) is 5.21. The zero-order chi connectivity index (χ0) is 17.2. The maximum absolute atomic E-state index is 10.1. The average Bonchev–Trinajstić information content (AvgIpc) is 3.14. The molecule has 4 aliphatic rings. The Kier molecular flexibility index (Phi) is 3.17. The van der Waals surface area contributed by atoms with Crippen molar-refractivity contribution in [2.75, 3.05) is 20.3 Å². The number of aliphatic hydroxyl groups excluding tert-OH is 1. The van der Waals surface area contributed by atoms with Gasteiger partial charge < -0.3 is 14.6 Å². The molecule has 1 spiro atoms. The molecule has 1 aromatic carbocycles. The molecule has 6 nitrogen and oxygen atoms in total. The van der Waals surface area contributed by atoms with Gasteiger partial charge in [0.15, 0.2) is 11.5 Å². The van der Waals surface area contributed by atoms with Crippen LogP contribution in [-0.2, 0) is 10.3 Å². The molecular formula is C19H20N2O4. The first kappa shape index (κ1) is 15.2. The minimum Gasteiger partial charge on any atom is -0.493 e. The second-order valence-electron chi connectivity index (χ2n) is 7.24. The van der Waals surface area contributed by atoms with Gasteiger partial charge in [0.1, 0.15) is 6.10 Å². The van der Waals surface area contributed by atoms with Crippen molar-refractivity contribution in [1.29, 1.82) is 5.26 Å². The number of nitrogens with zero attached hydrogens (tertiary/aromatic N) is 2. The van der Waals surface area contributed by atoms with E-state index < -0.39 is 6.10 Å². The van der Waals surface area contributed by atoms with Crippen molar-refractivity contribution in [3.63, 3.8) is 0 Å². The lowest BCUT2D eigenvalue weighted by atomic mass is 9.68. The van der Waals surface area contributed by atoms with Gasteiger partial charge >= 0.3 is 0 Å². The number of aliphatic hydroxyl groups is 1. The highest BCUT2D eigenvalue weighted by Gasteiger charge is 2.56. The summed E-state index contributed by atoms with van der Waals surface area (Å²) in [6.45, 7) is 1.15. The highest BCUT2D eigenvalue weighted by Crippen LogP contribution is 2.58. The minimum atomic E-state index is -0.495. The largest absolute Gasteiger partial charge is 0.493 e. The highest BCUT2D eigenvalue weighted by atomic mass is 16.7. The number of benzene rings is 1. The predicted octanol–water partition coefficient (Wildman–Crippen LogP) is 1.85. The third-order valence-corrected chi connectivity index (χ3v) is 6.09. The van der Waals surface area contributed by atoms with E-state index in [1.165, 1.54) is 0 Å². The van der Waals surface area contributed by atoms with Gasteiger partial charge in [0.05, 0.1) is 43.3 Å². The normalized spacial score (nSPS) is 38.1. The summed E-state index contributed by atoms with van der Waals surface area (Å²) in [6, 6.07) is 6.26. The van der Waals surface area contributed by atoms with Gasteiger partial charge in [-0.2, -0.15) is 10.3 Å². The number of methoxy groups -OCH3 is 1. The lowest BCUT2D eigenvalue weighted by molar-refractivity contribution is -0.134. The van der Waals surface area contributed by atoms with Crippen LogP contribution in [0.2, 0.25) is 0 Å². The van der Waals surface area contributed by atoms with Gasteiger partial charge in [0.2, 0.25) is 0 Å². The van der Waals surface area contributed by atoms with Crippen LogP contribution in [0.25, 0.3) is 0 Å². The SMILES string of the molecule is COc1ccc2c3c1O[C@H]1C[C@@H](O)C=C[C@@]31CCN1OCC(C#N)[C@@H]21. The molecule has 1 aromatic rings. The Balaban J connectivity index is 1.77. The zero-order valence-corrected chi connectivity index (χ0v) is 14.0. The topological polar surface area (TPSA) is 74.9 Å². The summed E-state index contributed by atoms with van der Waals surface area (Å²) >= 11 is 0. The number of ether oxygens (including phenoxy) is 2. The number of hydrogen-bond donors (Lipinski definition) is 1. The highest BCUT2D eigenvalue weighted by molar-refractivity contribution is 5.62. The van der Waals surface area contributed by atoms with Crippen LogP contribution >= 0.6 is 0 Å². The smallest absolute Gasteiger partial charge is 0.166 e. The Bertz CT molecular complexity index is 801. The van der Waals surface area contributed by atoms with E-state index in [0.717, 1.165) is 29.8 Å². The molecule has 5 atom stereocenters. The van der Waals surface area contributed by atoms with Crippen molar-refractivity contribution >= 4 is 0 Å². The predicted molar refractivity (Wildman–Crippen MR) is 88.0 cm³/mol. The fraction of sp³-hybridized carbons (Fsp3) is 0.526. The summed E-state index contributed by atoms with van der Waals surface area (Å²) in [7, 11) is 1.64. The molecule has 1 saturated heterocycles. The first-order valence-corrected chi connectivity index (χ1v) is 8.72. The molecule has 0 amide bonds. The standard InChI is InChI=1S/C19H20N2O4/c1-23-14-3-2-13-16-18(14)25-15-8-12(22)4-5-19(15,16)6-7-21-17(13)11(9-20)10-24-21/h2-5,11-12,15,17,22H,6-8,10H2,1H3/t11?,12-,15-,17-,19-/m0/s1. The maximum Gasteiger partial charge on any atom is 0.166 e. The van der Waals surface area contributed by atoms with Crippen LogP contribution in [-0.4, -0.2) is 42.6 Å². The molecule has 5 rings (SSSR count). The van der Waals surface area contributed by atoms with Gasteiger partial charge in [0, 0.05) is 18.5 Å². The summed E-state index contributed by atoms with van der Waals surface area (Å²) in [4.78, 5) is 5.83. The number of rotatable bonds is 1. The van der Waals surface area contributed by atoms with Gasteiger partial charge in [0.25, 0.3) is 0 Å². The Hall–Kier alpha value is -2.07. The van der Waals surface area contributed by atoms with E-state index in [1.54, 1.807) is 7.11 Å². The van der Waals surface area contributed by atoms with E-state index in [2.05, 4.69) is 12.1 Å². The molecule has 0 radical (unpaired) electrons. The van der Waals surface area contributed by atoms with Crippen molar-refractivity contribution < 1.29 is 19.4 Å². The monoisotopic (exact) mass is 340 g/mol. The Morgan fingerprint density at radius 1 is 1.44 bits per heavy atom. The van der Waals surface area contributed by atoms with E-state index in [4.69, 9.17) is 14.3 Å². The molecule has 25 heavy (non-hydrogen) atoms. The fourth-order valence-corrected chi connectivity index (χ4v) is 4.92. The Morgan fingerprint density at radius 2 is 2.32 bits per heavy atom. The van der Waals surface area contributed by atoms with Crippen LogP contribution in [0.5, 0.6) is 11.5 Å². The Morgan fingerprint density at radius 3 is 3.12 bits per heavy atom. The second-order valence-corrected chi connectivity index (χ2v) is 7.24. The fourth-order valence-electron chi connectivity index (χ4n) is 4.92. The van der Waals surface area contributed by atoms with Gasteiger partial charge in [-0.1, -0.05) is 18.2 Å². The quantitative estimate of drug-likeness (QED) is 0.787. The molecular weight excluding hydrogens is 320 g/mol. The molecule has 130 valence electrons. The van der Waals surface area contributed by atoms with Crippen molar-refractivity contribution in [3.05, 3.63) is 35.4 Å². The van der Waals surface area contributed by atoms with Crippen LogP contribution in [0.3, 0.4) is 0 Å². The molecule has 6 heteroatoms. The van der Waals surface area contributed by atoms with Gasteiger partial charge in [-0.25, -0.2) is 0 Å². The molecule has 0 bridgehead atoms. The number of hydroxylamine groups is 2. The lowest BCUT2D eigenvalue weighted by Gasteiger charge is -2.35. The molecule has 3 heterocycles. The van der Waals surface area contributed by atoms with E-state index in [0.29, 0.717) is 18.8 Å². The van der Waals surface area contributed by atoms with E-state index in [-0.39, 0.29) is 23.5 Å².